The number of aromatic nitrogens is 1. The predicted octanol–water partition coefficient (Wildman–Crippen LogP) is 5.66. The molecule has 2 aromatic carbocycles. The van der Waals surface area contributed by atoms with E-state index in [2.05, 4.69) is 15.9 Å². The number of alkyl halides is 1. The fourth-order valence-corrected chi connectivity index (χ4v) is 4.83. The lowest BCUT2D eigenvalue weighted by atomic mass is 10.1. The maximum atomic E-state index is 6.36. The number of rotatable bonds is 4. The van der Waals surface area contributed by atoms with E-state index < -0.39 is 0 Å². The Balaban J connectivity index is 1.42. The van der Waals surface area contributed by atoms with E-state index in [0.717, 1.165) is 69.2 Å². The molecule has 2 heterocycles. The molecule has 1 aliphatic heterocycles. The summed E-state index contributed by atoms with van der Waals surface area (Å²) in [5.74, 6) is 0.513. The Hall–Kier alpha value is -1.04. The van der Waals surface area contributed by atoms with Gasteiger partial charge < -0.3 is 4.90 Å². The second-order valence-electron chi connectivity index (χ2n) is 6.43. The van der Waals surface area contributed by atoms with E-state index in [1.807, 2.05) is 30.3 Å². The van der Waals surface area contributed by atoms with Crippen molar-refractivity contribution in [2.24, 2.45) is 0 Å². The summed E-state index contributed by atoms with van der Waals surface area (Å²) >= 11 is 20.1. The van der Waals surface area contributed by atoms with E-state index in [-0.39, 0.29) is 0 Å². The topological polar surface area (TPSA) is 19.4 Å². The number of thiazole rings is 1. The van der Waals surface area contributed by atoms with Crippen molar-refractivity contribution < 1.29 is 0 Å². The van der Waals surface area contributed by atoms with Crippen molar-refractivity contribution in [2.75, 3.05) is 31.1 Å². The third kappa shape index (κ3) is 3.95. The second kappa shape index (κ2) is 7.91. The molecule has 0 N–H and O–H groups in total. The van der Waals surface area contributed by atoms with E-state index in [1.54, 1.807) is 11.3 Å². The van der Waals surface area contributed by atoms with Crippen LogP contribution in [0.25, 0.3) is 10.2 Å². The normalized spacial score (nSPS) is 15.7. The minimum absolute atomic E-state index is 0.513. The molecule has 0 bridgehead atoms. The van der Waals surface area contributed by atoms with Crippen LogP contribution in [0.3, 0.4) is 0 Å². The lowest BCUT2D eigenvalue weighted by molar-refractivity contribution is 0.250. The molecule has 1 saturated heterocycles. The Labute approximate surface area is 172 Å². The summed E-state index contributed by atoms with van der Waals surface area (Å²) in [4.78, 5) is 9.54. The van der Waals surface area contributed by atoms with Gasteiger partial charge in [-0.05, 0) is 35.4 Å². The first-order valence-electron chi connectivity index (χ1n) is 8.49. The van der Waals surface area contributed by atoms with Crippen molar-refractivity contribution in [3.8, 4) is 0 Å². The van der Waals surface area contributed by atoms with Gasteiger partial charge in [-0.25, -0.2) is 4.98 Å². The molecule has 4 rings (SSSR count). The lowest BCUT2D eigenvalue weighted by Crippen LogP contribution is -2.46. The molecule has 0 unspecified atom stereocenters. The first-order valence-corrected chi connectivity index (χ1v) is 10.6. The Kier molecular flexibility index (Phi) is 5.58. The summed E-state index contributed by atoms with van der Waals surface area (Å²) in [5, 5.41) is 2.64. The van der Waals surface area contributed by atoms with E-state index in [0.29, 0.717) is 5.88 Å². The monoisotopic (exact) mass is 425 g/mol. The summed E-state index contributed by atoms with van der Waals surface area (Å²) in [5.41, 5.74) is 3.27. The molecular formula is C19H18Cl3N3S. The minimum Gasteiger partial charge on any atom is -0.345 e. The zero-order chi connectivity index (χ0) is 18.1. The van der Waals surface area contributed by atoms with Gasteiger partial charge in [-0.1, -0.05) is 46.7 Å². The molecule has 0 atom stereocenters. The van der Waals surface area contributed by atoms with Crippen LogP contribution in [-0.4, -0.2) is 36.1 Å². The van der Waals surface area contributed by atoms with Gasteiger partial charge in [0.1, 0.15) is 0 Å². The molecule has 0 saturated carbocycles. The van der Waals surface area contributed by atoms with Gasteiger partial charge in [-0.2, -0.15) is 0 Å². The maximum absolute atomic E-state index is 6.36. The molecule has 1 aromatic heterocycles. The fourth-order valence-electron chi connectivity index (χ4n) is 3.19. The van der Waals surface area contributed by atoms with E-state index in [9.17, 15) is 0 Å². The summed E-state index contributed by atoms with van der Waals surface area (Å²) in [6.07, 6.45) is 0. The van der Waals surface area contributed by atoms with Crippen molar-refractivity contribution in [1.82, 2.24) is 9.88 Å². The lowest BCUT2D eigenvalue weighted by Gasteiger charge is -2.34. The molecule has 0 radical (unpaired) electrons. The smallest absolute Gasteiger partial charge is 0.186 e. The van der Waals surface area contributed by atoms with Crippen molar-refractivity contribution in [3.63, 3.8) is 0 Å². The fraction of sp³-hybridized carbons (Fsp3) is 0.316. The number of nitrogens with zero attached hydrogens (tertiary/aromatic N) is 3. The molecule has 3 aromatic rings. The standard InChI is InChI=1S/C19H18Cl3N3S/c20-11-13-1-3-16(22)14(9-13)12-24-5-7-25(8-6-24)19-23-17-4-2-15(21)10-18(17)26-19/h1-4,9-10H,5-8,11-12H2. The van der Waals surface area contributed by atoms with Gasteiger partial charge in [0.05, 0.1) is 10.2 Å². The second-order valence-corrected chi connectivity index (χ2v) is 8.55. The zero-order valence-corrected chi connectivity index (χ0v) is 17.2. The summed E-state index contributed by atoms with van der Waals surface area (Å²) in [6.45, 7) is 4.74. The minimum atomic E-state index is 0.513. The number of hydrogen-bond donors (Lipinski definition) is 0. The Morgan fingerprint density at radius 1 is 1.00 bits per heavy atom. The zero-order valence-electron chi connectivity index (χ0n) is 14.1. The molecule has 0 spiro atoms. The first kappa shape index (κ1) is 18.3. The van der Waals surface area contributed by atoms with Crippen molar-refractivity contribution in [3.05, 3.63) is 57.6 Å². The van der Waals surface area contributed by atoms with Crippen molar-refractivity contribution >= 4 is 61.5 Å². The number of benzene rings is 2. The van der Waals surface area contributed by atoms with Crippen LogP contribution in [-0.2, 0) is 12.4 Å². The number of fused-ring (bicyclic) bond motifs is 1. The molecule has 7 heteroatoms. The SMILES string of the molecule is ClCc1ccc(Cl)c(CN2CCN(c3nc4ccc(Cl)cc4s3)CC2)c1. The van der Waals surface area contributed by atoms with Crippen LogP contribution < -0.4 is 4.90 Å². The largest absolute Gasteiger partial charge is 0.345 e. The number of hydrogen-bond acceptors (Lipinski definition) is 4. The number of anilines is 1. The van der Waals surface area contributed by atoms with Gasteiger partial charge in [0, 0.05) is 48.6 Å². The Morgan fingerprint density at radius 2 is 1.81 bits per heavy atom. The first-order chi connectivity index (χ1) is 12.6. The van der Waals surface area contributed by atoms with Crippen LogP contribution >= 0.6 is 46.1 Å². The highest BCUT2D eigenvalue weighted by molar-refractivity contribution is 7.22. The van der Waals surface area contributed by atoms with Gasteiger partial charge in [-0.3, -0.25) is 4.90 Å². The van der Waals surface area contributed by atoms with Crippen LogP contribution in [0.15, 0.2) is 36.4 Å². The van der Waals surface area contributed by atoms with Crippen LogP contribution in [0.2, 0.25) is 10.0 Å². The van der Waals surface area contributed by atoms with E-state index in [1.165, 1.54) is 0 Å². The van der Waals surface area contributed by atoms with Crippen molar-refractivity contribution in [1.29, 1.82) is 0 Å². The van der Waals surface area contributed by atoms with Gasteiger partial charge in [0.15, 0.2) is 5.13 Å². The molecule has 0 aliphatic carbocycles. The van der Waals surface area contributed by atoms with Crippen molar-refractivity contribution in [2.45, 2.75) is 12.4 Å². The van der Waals surface area contributed by atoms with Gasteiger partial charge >= 0.3 is 0 Å². The van der Waals surface area contributed by atoms with Crippen LogP contribution in [0.5, 0.6) is 0 Å². The van der Waals surface area contributed by atoms with Gasteiger partial charge in [-0.15, -0.1) is 11.6 Å². The molecule has 136 valence electrons. The summed E-state index contributed by atoms with van der Waals surface area (Å²) in [7, 11) is 0. The van der Waals surface area contributed by atoms with Gasteiger partial charge in [0.2, 0.25) is 0 Å². The van der Waals surface area contributed by atoms with Gasteiger partial charge in [0.25, 0.3) is 0 Å². The average molecular weight is 427 g/mol. The third-order valence-corrected chi connectivity index (χ3v) is 6.63. The third-order valence-electron chi connectivity index (χ3n) is 4.64. The summed E-state index contributed by atoms with van der Waals surface area (Å²) in [6, 6.07) is 11.9. The molecule has 1 aliphatic rings. The quantitative estimate of drug-likeness (QED) is 0.501. The van der Waals surface area contributed by atoms with E-state index in [4.69, 9.17) is 39.8 Å². The average Bonchev–Trinajstić information content (AvgIpc) is 3.07. The van der Waals surface area contributed by atoms with E-state index >= 15 is 0 Å². The molecular weight excluding hydrogens is 409 g/mol. The van der Waals surface area contributed by atoms with Crippen LogP contribution in [0.1, 0.15) is 11.1 Å². The number of piperazine rings is 1. The summed E-state index contributed by atoms with van der Waals surface area (Å²) < 4.78 is 1.14. The Morgan fingerprint density at radius 3 is 2.58 bits per heavy atom. The number of halogens is 3. The molecule has 1 fully saturated rings. The highest BCUT2D eigenvalue weighted by atomic mass is 35.5. The van der Waals surface area contributed by atoms with Crippen LogP contribution in [0, 0.1) is 0 Å². The molecule has 26 heavy (non-hydrogen) atoms. The maximum Gasteiger partial charge on any atom is 0.186 e. The molecule has 0 amide bonds. The highest BCUT2D eigenvalue weighted by Crippen LogP contribution is 2.31. The van der Waals surface area contributed by atoms with Crippen LogP contribution in [0.4, 0.5) is 5.13 Å². The Bertz CT molecular complexity index is 920. The highest BCUT2D eigenvalue weighted by Gasteiger charge is 2.20. The molecule has 3 nitrogen and oxygen atoms in total. The predicted molar refractivity (Wildman–Crippen MR) is 113 cm³/mol.